The van der Waals surface area contributed by atoms with Gasteiger partial charge in [-0.05, 0) is 0 Å². The number of likely N-dealkylation sites (N-methyl/N-ethyl adjacent to an activating group) is 1. The normalized spacial score (nSPS) is 18.0. The first-order valence-electron chi connectivity index (χ1n) is 6.50. The Labute approximate surface area is 121 Å². The van der Waals surface area contributed by atoms with Crippen molar-refractivity contribution >= 4 is 23.7 Å². The number of benzene rings is 1. The molecule has 0 aliphatic carbocycles. The van der Waals surface area contributed by atoms with Gasteiger partial charge in [0, 0.05) is 30.8 Å². The molecule has 1 aromatic rings. The quantitative estimate of drug-likeness (QED) is 0.767. The molecule has 2 aliphatic heterocycles. The Hall–Kier alpha value is -2.73. The molecule has 0 aromatic heterocycles. The van der Waals surface area contributed by atoms with Gasteiger partial charge in [-0.2, -0.15) is 0 Å². The summed E-state index contributed by atoms with van der Waals surface area (Å²) in [7, 11) is 1.63. The highest BCUT2D eigenvalue weighted by molar-refractivity contribution is 6.39. The van der Waals surface area contributed by atoms with Crippen LogP contribution in [0.25, 0.3) is 5.70 Å². The standard InChI is InChI=1S/C15H14N4O2/c1-19-12-9-16-8-7-11(12)13(10-5-3-2-4-6-10)17-14(18-21)15(19)20/h2-6,8-9,21H,7H2,1H3,(H,17,18). The minimum Gasteiger partial charge on any atom is -0.307 e. The Morgan fingerprint density at radius 2 is 2.05 bits per heavy atom. The zero-order valence-corrected chi connectivity index (χ0v) is 11.4. The average Bonchev–Trinajstić information content (AvgIpc) is 2.65. The number of nitrogens with zero attached hydrogens (tertiary/aromatic N) is 3. The Morgan fingerprint density at radius 1 is 1.29 bits per heavy atom. The van der Waals surface area contributed by atoms with Crippen molar-refractivity contribution in [2.24, 2.45) is 9.98 Å². The van der Waals surface area contributed by atoms with Crippen LogP contribution in [-0.2, 0) is 4.79 Å². The number of allylic oxidation sites excluding steroid dienone is 1. The van der Waals surface area contributed by atoms with Crippen molar-refractivity contribution < 1.29 is 10.0 Å². The highest BCUT2D eigenvalue weighted by Crippen LogP contribution is 2.32. The summed E-state index contributed by atoms with van der Waals surface area (Å²) < 4.78 is 0. The molecule has 0 unspecified atom stereocenters. The smallest absolute Gasteiger partial charge is 0.295 e. The summed E-state index contributed by atoms with van der Waals surface area (Å²) in [6, 6.07) is 9.55. The molecule has 0 saturated heterocycles. The maximum Gasteiger partial charge on any atom is 0.295 e. The van der Waals surface area contributed by atoms with E-state index in [9.17, 15) is 10.0 Å². The highest BCUT2D eigenvalue weighted by Gasteiger charge is 2.29. The molecule has 2 aliphatic rings. The minimum absolute atomic E-state index is 0.112. The number of amidine groups is 1. The largest absolute Gasteiger partial charge is 0.307 e. The summed E-state index contributed by atoms with van der Waals surface area (Å²) in [5, 5.41) is 9.20. The molecule has 21 heavy (non-hydrogen) atoms. The van der Waals surface area contributed by atoms with Gasteiger partial charge in [-0.3, -0.25) is 15.0 Å². The van der Waals surface area contributed by atoms with E-state index >= 15 is 0 Å². The molecule has 0 bridgehead atoms. The molecule has 1 amide bonds. The molecule has 106 valence electrons. The van der Waals surface area contributed by atoms with Crippen LogP contribution >= 0.6 is 0 Å². The van der Waals surface area contributed by atoms with Crippen molar-refractivity contribution in [2.75, 3.05) is 7.05 Å². The molecule has 3 rings (SSSR count). The second-order valence-corrected chi connectivity index (χ2v) is 4.68. The third kappa shape index (κ3) is 2.25. The van der Waals surface area contributed by atoms with Crippen LogP contribution in [0.4, 0.5) is 0 Å². The van der Waals surface area contributed by atoms with Gasteiger partial charge in [-0.1, -0.05) is 30.3 Å². The summed E-state index contributed by atoms with van der Waals surface area (Å²) in [6.45, 7) is 0. The fraction of sp³-hybridized carbons (Fsp3) is 0.133. The average molecular weight is 282 g/mol. The van der Waals surface area contributed by atoms with Crippen LogP contribution in [0.1, 0.15) is 12.0 Å². The number of hydroxylamine groups is 1. The predicted molar refractivity (Wildman–Crippen MR) is 79.7 cm³/mol. The number of rotatable bonds is 1. The van der Waals surface area contributed by atoms with Gasteiger partial charge in [0.2, 0.25) is 5.84 Å². The van der Waals surface area contributed by atoms with Crippen LogP contribution in [0.5, 0.6) is 0 Å². The van der Waals surface area contributed by atoms with E-state index in [0.717, 1.165) is 11.1 Å². The predicted octanol–water partition coefficient (Wildman–Crippen LogP) is 1.56. The summed E-state index contributed by atoms with van der Waals surface area (Å²) in [5.74, 6) is -0.525. The Morgan fingerprint density at radius 3 is 2.76 bits per heavy atom. The van der Waals surface area contributed by atoms with Gasteiger partial charge in [0.15, 0.2) is 0 Å². The molecule has 2 heterocycles. The summed E-state index contributed by atoms with van der Waals surface area (Å²) in [5.41, 5.74) is 5.01. The van der Waals surface area contributed by atoms with E-state index in [-0.39, 0.29) is 5.84 Å². The van der Waals surface area contributed by atoms with Crippen LogP contribution in [-0.4, -0.2) is 35.1 Å². The summed E-state index contributed by atoms with van der Waals surface area (Å²) in [4.78, 5) is 22.1. The molecule has 2 N–H and O–H groups in total. The van der Waals surface area contributed by atoms with Crippen molar-refractivity contribution in [3.05, 3.63) is 53.4 Å². The van der Waals surface area contributed by atoms with E-state index in [0.29, 0.717) is 17.8 Å². The van der Waals surface area contributed by atoms with E-state index in [4.69, 9.17) is 0 Å². The summed E-state index contributed by atoms with van der Waals surface area (Å²) in [6.07, 6.45) is 3.98. The molecule has 0 spiro atoms. The zero-order valence-electron chi connectivity index (χ0n) is 11.4. The minimum atomic E-state index is -0.413. The van der Waals surface area contributed by atoms with Crippen molar-refractivity contribution in [1.82, 2.24) is 10.4 Å². The zero-order chi connectivity index (χ0) is 14.8. The fourth-order valence-corrected chi connectivity index (χ4v) is 2.36. The number of carbonyl (C=O) groups excluding carboxylic acids is 1. The van der Waals surface area contributed by atoms with E-state index in [1.807, 2.05) is 35.8 Å². The third-order valence-electron chi connectivity index (χ3n) is 3.44. The van der Waals surface area contributed by atoms with Gasteiger partial charge >= 0.3 is 0 Å². The lowest BCUT2D eigenvalue weighted by Gasteiger charge is -2.22. The van der Waals surface area contributed by atoms with Crippen LogP contribution in [0, 0.1) is 0 Å². The fourth-order valence-electron chi connectivity index (χ4n) is 2.36. The van der Waals surface area contributed by atoms with Crippen LogP contribution < -0.4 is 5.48 Å². The van der Waals surface area contributed by atoms with Crippen molar-refractivity contribution in [2.45, 2.75) is 6.42 Å². The van der Waals surface area contributed by atoms with Gasteiger partial charge in [0.1, 0.15) is 0 Å². The lowest BCUT2D eigenvalue weighted by molar-refractivity contribution is -0.121. The molecular weight excluding hydrogens is 268 g/mol. The van der Waals surface area contributed by atoms with Crippen LogP contribution in [0.15, 0.2) is 57.8 Å². The summed E-state index contributed by atoms with van der Waals surface area (Å²) >= 11 is 0. The highest BCUT2D eigenvalue weighted by atomic mass is 16.5. The first-order valence-corrected chi connectivity index (χ1v) is 6.50. The molecule has 0 atom stereocenters. The van der Waals surface area contributed by atoms with Crippen molar-refractivity contribution in [3.63, 3.8) is 0 Å². The molecule has 6 nitrogen and oxygen atoms in total. The van der Waals surface area contributed by atoms with E-state index in [1.165, 1.54) is 4.90 Å². The Balaban J connectivity index is 2.25. The van der Waals surface area contributed by atoms with Crippen LogP contribution in [0.2, 0.25) is 0 Å². The van der Waals surface area contributed by atoms with Gasteiger partial charge in [0.05, 0.1) is 17.6 Å². The molecule has 0 radical (unpaired) electrons. The number of fused-ring (bicyclic) bond motifs is 1. The molecule has 0 fully saturated rings. The monoisotopic (exact) mass is 282 g/mol. The number of hydrogen-bond donors (Lipinski definition) is 2. The molecule has 6 heteroatoms. The van der Waals surface area contributed by atoms with Gasteiger partial charge in [-0.25, -0.2) is 10.5 Å². The van der Waals surface area contributed by atoms with Gasteiger partial charge in [0.25, 0.3) is 5.91 Å². The third-order valence-corrected chi connectivity index (χ3v) is 3.44. The number of amides is 1. The molecule has 0 saturated carbocycles. The number of hydrogen-bond acceptors (Lipinski definition) is 5. The SMILES string of the molecule is CN1C(=O)C(NO)=NC(c2ccccc2)=C2CC=NC=C21. The van der Waals surface area contributed by atoms with Crippen molar-refractivity contribution in [1.29, 1.82) is 0 Å². The van der Waals surface area contributed by atoms with E-state index < -0.39 is 5.91 Å². The van der Waals surface area contributed by atoms with E-state index in [2.05, 4.69) is 9.98 Å². The van der Waals surface area contributed by atoms with Crippen molar-refractivity contribution in [3.8, 4) is 0 Å². The molecular formula is C15H14N4O2. The first kappa shape index (κ1) is 13.3. The Kier molecular flexibility index (Phi) is 3.37. The maximum absolute atomic E-state index is 12.3. The first-order chi connectivity index (χ1) is 10.2. The van der Waals surface area contributed by atoms with Gasteiger partial charge < -0.3 is 4.90 Å². The van der Waals surface area contributed by atoms with Gasteiger partial charge in [-0.15, -0.1) is 0 Å². The topological polar surface area (TPSA) is 77.3 Å². The number of nitrogens with one attached hydrogen (secondary N) is 1. The second kappa shape index (κ2) is 5.34. The molecule has 1 aromatic carbocycles. The Bertz CT molecular complexity index is 702. The number of aliphatic imine (C=N–C) groups is 2. The van der Waals surface area contributed by atoms with Crippen LogP contribution in [0.3, 0.4) is 0 Å². The van der Waals surface area contributed by atoms with E-state index in [1.54, 1.807) is 19.5 Å². The maximum atomic E-state index is 12.3. The lowest BCUT2D eigenvalue weighted by Crippen LogP contribution is -2.38. The lowest BCUT2D eigenvalue weighted by atomic mass is 10.0. The number of carbonyl (C=O) groups is 1. The second-order valence-electron chi connectivity index (χ2n) is 4.68.